The Labute approximate surface area is 141 Å². The summed E-state index contributed by atoms with van der Waals surface area (Å²) < 4.78 is 13.1. The third-order valence-electron chi connectivity index (χ3n) is 3.78. The molecule has 0 unspecified atom stereocenters. The SMILES string of the molecule is O=C(Cc1cccc(-c2ccccc2)c1)NCc1cccc(F)c1. The van der Waals surface area contributed by atoms with Gasteiger partial charge in [-0.05, 0) is 34.4 Å². The third kappa shape index (κ3) is 4.29. The molecule has 2 nitrogen and oxygen atoms in total. The van der Waals surface area contributed by atoms with E-state index in [9.17, 15) is 9.18 Å². The van der Waals surface area contributed by atoms with Crippen LogP contribution in [0.4, 0.5) is 4.39 Å². The van der Waals surface area contributed by atoms with Gasteiger partial charge in [-0.25, -0.2) is 4.39 Å². The fourth-order valence-corrected chi connectivity index (χ4v) is 2.59. The van der Waals surface area contributed by atoms with Crippen molar-refractivity contribution in [1.29, 1.82) is 0 Å². The minimum Gasteiger partial charge on any atom is -0.352 e. The molecular formula is C21H18FNO. The molecule has 3 rings (SSSR count). The molecule has 0 aliphatic heterocycles. The van der Waals surface area contributed by atoms with Crippen molar-refractivity contribution in [2.24, 2.45) is 0 Å². The zero-order valence-electron chi connectivity index (χ0n) is 13.2. The molecule has 0 aromatic heterocycles. The van der Waals surface area contributed by atoms with E-state index >= 15 is 0 Å². The molecule has 0 saturated heterocycles. The second kappa shape index (κ2) is 7.55. The summed E-state index contributed by atoms with van der Waals surface area (Å²) in [5.74, 6) is -0.373. The van der Waals surface area contributed by atoms with Gasteiger partial charge in [-0.1, -0.05) is 66.7 Å². The summed E-state index contributed by atoms with van der Waals surface area (Å²) >= 11 is 0. The Bertz CT molecular complexity index is 830. The van der Waals surface area contributed by atoms with Crippen molar-refractivity contribution in [2.45, 2.75) is 13.0 Å². The Morgan fingerprint density at radius 2 is 1.50 bits per heavy atom. The minimum absolute atomic E-state index is 0.0792. The zero-order valence-corrected chi connectivity index (χ0v) is 13.2. The van der Waals surface area contributed by atoms with Crippen molar-refractivity contribution in [2.75, 3.05) is 0 Å². The fourth-order valence-electron chi connectivity index (χ4n) is 2.59. The quantitative estimate of drug-likeness (QED) is 0.744. The molecule has 3 heteroatoms. The van der Waals surface area contributed by atoms with Crippen molar-refractivity contribution < 1.29 is 9.18 Å². The highest BCUT2D eigenvalue weighted by Crippen LogP contribution is 2.20. The molecule has 0 radical (unpaired) electrons. The maximum Gasteiger partial charge on any atom is 0.224 e. The average molecular weight is 319 g/mol. The van der Waals surface area contributed by atoms with E-state index in [1.165, 1.54) is 12.1 Å². The molecule has 1 N–H and O–H groups in total. The number of hydrogen-bond donors (Lipinski definition) is 1. The van der Waals surface area contributed by atoms with E-state index in [1.807, 2.05) is 54.6 Å². The number of nitrogens with one attached hydrogen (secondary N) is 1. The monoisotopic (exact) mass is 319 g/mol. The van der Waals surface area contributed by atoms with Gasteiger partial charge in [0.1, 0.15) is 5.82 Å². The van der Waals surface area contributed by atoms with Crippen LogP contribution in [0.5, 0.6) is 0 Å². The number of carbonyl (C=O) groups excluding carboxylic acids is 1. The van der Waals surface area contributed by atoms with E-state index in [1.54, 1.807) is 12.1 Å². The Morgan fingerprint density at radius 1 is 0.792 bits per heavy atom. The average Bonchev–Trinajstić information content (AvgIpc) is 2.61. The minimum atomic E-state index is -0.294. The first-order valence-corrected chi connectivity index (χ1v) is 7.86. The van der Waals surface area contributed by atoms with Crippen LogP contribution in [0.1, 0.15) is 11.1 Å². The van der Waals surface area contributed by atoms with Gasteiger partial charge in [0, 0.05) is 6.54 Å². The van der Waals surface area contributed by atoms with Crippen molar-refractivity contribution in [3.63, 3.8) is 0 Å². The van der Waals surface area contributed by atoms with Crippen LogP contribution in [0.3, 0.4) is 0 Å². The van der Waals surface area contributed by atoms with Crippen molar-refractivity contribution in [1.82, 2.24) is 5.32 Å². The molecule has 3 aromatic rings. The number of benzene rings is 3. The Hall–Kier alpha value is -2.94. The van der Waals surface area contributed by atoms with Crippen LogP contribution in [0.25, 0.3) is 11.1 Å². The molecular weight excluding hydrogens is 301 g/mol. The smallest absolute Gasteiger partial charge is 0.224 e. The summed E-state index contributed by atoms with van der Waals surface area (Å²) in [6.07, 6.45) is 0.302. The summed E-state index contributed by atoms with van der Waals surface area (Å²) in [6, 6.07) is 24.3. The first-order chi connectivity index (χ1) is 11.7. The molecule has 0 bridgehead atoms. The second-order valence-electron chi connectivity index (χ2n) is 5.65. The molecule has 24 heavy (non-hydrogen) atoms. The van der Waals surface area contributed by atoms with Gasteiger partial charge in [-0.2, -0.15) is 0 Å². The number of rotatable bonds is 5. The molecule has 0 heterocycles. The lowest BCUT2D eigenvalue weighted by molar-refractivity contribution is -0.120. The van der Waals surface area contributed by atoms with Gasteiger partial charge in [0.2, 0.25) is 5.91 Å². The highest BCUT2D eigenvalue weighted by molar-refractivity contribution is 5.79. The van der Waals surface area contributed by atoms with Gasteiger partial charge < -0.3 is 5.32 Å². The van der Waals surface area contributed by atoms with Crippen LogP contribution in [-0.4, -0.2) is 5.91 Å². The van der Waals surface area contributed by atoms with Crippen LogP contribution in [0.2, 0.25) is 0 Å². The van der Waals surface area contributed by atoms with E-state index in [4.69, 9.17) is 0 Å². The Kier molecular flexibility index (Phi) is 5.02. The molecule has 0 saturated carbocycles. The molecule has 0 aliphatic rings. The van der Waals surface area contributed by atoms with Crippen molar-refractivity contribution in [3.05, 3.63) is 95.8 Å². The molecule has 1 amide bonds. The second-order valence-corrected chi connectivity index (χ2v) is 5.65. The Balaban J connectivity index is 1.62. The van der Waals surface area contributed by atoms with E-state index < -0.39 is 0 Å². The van der Waals surface area contributed by atoms with Crippen molar-refractivity contribution in [3.8, 4) is 11.1 Å². The van der Waals surface area contributed by atoms with Crippen molar-refractivity contribution >= 4 is 5.91 Å². The Morgan fingerprint density at radius 3 is 2.29 bits per heavy atom. The number of hydrogen-bond acceptors (Lipinski definition) is 1. The summed E-state index contributed by atoms with van der Waals surface area (Å²) in [6.45, 7) is 0.328. The molecule has 0 aliphatic carbocycles. The predicted molar refractivity (Wildman–Crippen MR) is 93.8 cm³/mol. The van der Waals surface area contributed by atoms with Gasteiger partial charge in [-0.15, -0.1) is 0 Å². The van der Waals surface area contributed by atoms with Crippen LogP contribution in [-0.2, 0) is 17.8 Å². The van der Waals surface area contributed by atoms with E-state index in [0.29, 0.717) is 13.0 Å². The van der Waals surface area contributed by atoms with Gasteiger partial charge in [0.25, 0.3) is 0 Å². The van der Waals surface area contributed by atoms with Gasteiger partial charge in [-0.3, -0.25) is 4.79 Å². The highest BCUT2D eigenvalue weighted by atomic mass is 19.1. The summed E-state index contributed by atoms with van der Waals surface area (Å²) in [5.41, 5.74) is 3.92. The lowest BCUT2D eigenvalue weighted by atomic mass is 10.0. The van der Waals surface area contributed by atoms with Gasteiger partial charge >= 0.3 is 0 Å². The predicted octanol–water partition coefficient (Wildman–Crippen LogP) is 4.35. The number of amides is 1. The first-order valence-electron chi connectivity index (χ1n) is 7.86. The number of halogens is 1. The van der Waals surface area contributed by atoms with Crippen LogP contribution >= 0.6 is 0 Å². The van der Waals surface area contributed by atoms with Gasteiger partial charge in [0.05, 0.1) is 6.42 Å². The molecule has 3 aromatic carbocycles. The topological polar surface area (TPSA) is 29.1 Å². The maximum atomic E-state index is 13.1. The fraction of sp³-hybridized carbons (Fsp3) is 0.0952. The molecule has 0 fully saturated rings. The maximum absolute atomic E-state index is 13.1. The lowest BCUT2D eigenvalue weighted by Crippen LogP contribution is -2.24. The summed E-state index contributed by atoms with van der Waals surface area (Å²) in [7, 11) is 0. The van der Waals surface area contributed by atoms with Gasteiger partial charge in [0.15, 0.2) is 0 Å². The lowest BCUT2D eigenvalue weighted by Gasteiger charge is -2.07. The standard InChI is InChI=1S/C21H18FNO/c22-20-11-5-7-17(13-20)15-23-21(24)14-16-6-4-10-19(12-16)18-8-2-1-3-9-18/h1-13H,14-15H2,(H,23,24). The molecule has 0 atom stereocenters. The van der Waals surface area contributed by atoms with E-state index in [-0.39, 0.29) is 11.7 Å². The van der Waals surface area contributed by atoms with E-state index in [0.717, 1.165) is 22.3 Å². The summed E-state index contributed by atoms with van der Waals surface area (Å²) in [4.78, 5) is 12.1. The highest BCUT2D eigenvalue weighted by Gasteiger charge is 2.05. The van der Waals surface area contributed by atoms with E-state index in [2.05, 4.69) is 5.32 Å². The van der Waals surface area contributed by atoms with Crippen LogP contribution < -0.4 is 5.32 Å². The molecule has 120 valence electrons. The zero-order chi connectivity index (χ0) is 16.8. The molecule has 0 spiro atoms. The number of carbonyl (C=O) groups is 1. The summed E-state index contributed by atoms with van der Waals surface area (Å²) in [5, 5.41) is 2.83. The largest absolute Gasteiger partial charge is 0.352 e. The normalized spacial score (nSPS) is 10.4. The first kappa shape index (κ1) is 15.9. The van der Waals surface area contributed by atoms with Crippen LogP contribution in [0, 0.1) is 5.82 Å². The van der Waals surface area contributed by atoms with Crippen LogP contribution in [0.15, 0.2) is 78.9 Å². The third-order valence-corrected chi connectivity index (χ3v) is 3.78.